The standard InChI is InChI=1S/C12H20N.CN/c1-3-5-10-13-11-7-6-9-12(13)8-4-2;1-2/h6-7,9,11H,3-5,8,10H2,1-2H3;/q+1;-1. The number of pyridine rings is 1. The molecule has 1 heterocycles. The van der Waals surface area contributed by atoms with Gasteiger partial charge < -0.3 is 11.8 Å². The van der Waals surface area contributed by atoms with E-state index in [1.54, 1.807) is 0 Å². The molecule has 1 aromatic heterocycles. The number of nitrogens with zero attached hydrogens (tertiary/aromatic N) is 2. The van der Waals surface area contributed by atoms with E-state index in [9.17, 15) is 0 Å². The summed E-state index contributed by atoms with van der Waals surface area (Å²) in [7, 11) is 0. The Kier molecular flexibility index (Phi) is 8.37. The van der Waals surface area contributed by atoms with Gasteiger partial charge in [0, 0.05) is 25.0 Å². The van der Waals surface area contributed by atoms with E-state index in [1.165, 1.54) is 37.9 Å². The van der Waals surface area contributed by atoms with Crippen molar-refractivity contribution in [3.8, 4) is 0 Å². The van der Waals surface area contributed by atoms with Crippen LogP contribution in [0.3, 0.4) is 0 Å². The summed E-state index contributed by atoms with van der Waals surface area (Å²) in [5.41, 5.74) is 1.47. The van der Waals surface area contributed by atoms with Gasteiger partial charge in [0.1, 0.15) is 6.54 Å². The summed E-state index contributed by atoms with van der Waals surface area (Å²) in [5, 5.41) is 6.25. The van der Waals surface area contributed by atoms with Gasteiger partial charge in [-0.15, -0.1) is 0 Å². The maximum Gasteiger partial charge on any atom is 0.181 e. The molecule has 0 N–H and O–H groups in total. The van der Waals surface area contributed by atoms with Crippen LogP contribution in [0.5, 0.6) is 0 Å². The Bertz CT molecular complexity index is 279. The Balaban J connectivity index is 0.000000921. The molecule has 0 radical (unpaired) electrons. The van der Waals surface area contributed by atoms with Crippen LogP contribution in [0.2, 0.25) is 0 Å². The predicted molar refractivity (Wildman–Crippen MR) is 60.5 cm³/mol. The van der Waals surface area contributed by atoms with E-state index >= 15 is 0 Å². The Labute approximate surface area is 93.2 Å². The van der Waals surface area contributed by atoms with Crippen LogP contribution < -0.4 is 4.57 Å². The number of rotatable bonds is 5. The molecule has 0 aliphatic carbocycles. The number of hydrogen-bond acceptors (Lipinski definition) is 1. The number of aromatic nitrogens is 1. The van der Waals surface area contributed by atoms with E-state index in [0.717, 1.165) is 0 Å². The molecule has 0 saturated carbocycles. The molecule has 0 bridgehead atoms. The largest absolute Gasteiger partial charge is 0.512 e. The van der Waals surface area contributed by atoms with Gasteiger partial charge >= 0.3 is 0 Å². The lowest BCUT2D eigenvalue weighted by molar-refractivity contribution is -0.704. The molecule has 2 nitrogen and oxygen atoms in total. The highest BCUT2D eigenvalue weighted by Gasteiger charge is 2.06. The lowest BCUT2D eigenvalue weighted by atomic mass is 10.2. The Morgan fingerprint density at radius 3 is 2.53 bits per heavy atom. The van der Waals surface area contributed by atoms with E-state index < -0.39 is 0 Å². The van der Waals surface area contributed by atoms with Crippen molar-refractivity contribution >= 4 is 0 Å². The highest BCUT2D eigenvalue weighted by atomic mass is 14.9. The van der Waals surface area contributed by atoms with Crippen LogP contribution >= 0.6 is 0 Å². The van der Waals surface area contributed by atoms with Crippen LogP contribution in [0.15, 0.2) is 24.4 Å². The molecule has 0 saturated heterocycles. The van der Waals surface area contributed by atoms with E-state index in [4.69, 9.17) is 11.8 Å². The SMILES string of the molecule is CCCC[n+]1ccccc1CCC.[C-]#N. The van der Waals surface area contributed by atoms with Gasteiger partial charge in [0.05, 0.1) is 0 Å². The van der Waals surface area contributed by atoms with E-state index in [-0.39, 0.29) is 0 Å². The highest BCUT2D eigenvalue weighted by molar-refractivity contribution is 4.96. The van der Waals surface area contributed by atoms with Crippen LogP contribution in [0.25, 0.3) is 0 Å². The van der Waals surface area contributed by atoms with E-state index in [0.29, 0.717) is 0 Å². The average molecular weight is 204 g/mol. The number of unbranched alkanes of at least 4 members (excludes halogenated alkanes) is 1. The van der Waals surface area contributed by atoms with E-state index in [1.807, 2.05) is 0 Å². The molecule has 15 heavy (non-hydrogen) atoms. The van der Waals surface area contributed by atoms with Gasteiger partial charge in [-0.2, -0.15) is 0 Å². The van der Waals surface area contributed by atoms with Crippen molar-refractivity contribution in [2.75, 3.05) is 0 Å². The third-order valence-electron chi connectivity index (χ3n) is 2.29. The van der Waals surface area contributed by atoms with Gasteiger partial charge in [0.25, 0.3) is 0 Å². The molecule has 0 unspecified atom stereocenters. The van der Waals surface area contributed by atoms with Crippen LogP contribution in [0.4, 0.5) is 0 Å². The van der Waals surface area contributed by atoms with Crippen molar-refractivity contribution in [2.45, 2.75) is 46.1 Å². The highest BCUT2D eigenvalue weighted by Crippen LogP contribution is 1.97. The molecule has 82 valence electrons. The van der Waals surface area contributed by atoms with Crippen LogP contribution in [-0.2, 0) is 13.0 Å². The molecule has 0 atom stereocenters. The summed E-state index contributed by atoms with van der Waals surface area (Å²) in [6.45, 7) is 10.4. The van der Waals surface area contributed by atoms with Gasteiger partial charge in [-0.05, 0) is 6.42 Å². The minimum atomic E-state index is 1.17. The lowest BCUT2D eigenvalue weighted by Gasteiger charge is -2.01. The lowest BCUT2D eigenvalue weighted by Crippen LogP contribution is -2.37. The smallest absolute Gasteiger partial charge is 0.181 e. The summed E-state index contributed by atoms with van der Waals surface area (Å²) in [4.78, 5) is 0. The fraction of sp³-hybridized carbons (Fsp3) is 0.538. The number of hydrogen-bond donors (Lipinski definition) is 0. The zero-order chi connectivity index (χ0) is 11.5. The van der Waals surface area contributed by atoms with Crippen molar-refractivity contribution in [3.63, 3.8) is 0 Å². The minimum Gasteiger partial charge on any atom is -0.512 e. The first-order valence-electron chi connectivity index (χ1n) is 5.58. The van der Waals surface area contributed by atoms with Gasteiger partial charge in [0.15, 0.2) is 11.9 Å². The monoisotopic (exact) mass is 204 g/mol. The van der Waals surface area contributed by atoms with Crippen molar-refractivity contribution in [1.82, 2.24) is 0 Å². The second kappa shape index (κ2) is 9.21. The molecule has 1 rings (SSSR count). The summed E-state index contributed by atoms with van der Waals surface area (Å²) in [6.07, 6.45) is 7.18. The molecule has 2 heteroatoms. The van der Waals surface area contributed by atoms with Crippen molar-refractivity contribution in [2.24, 2.45) is 0 Å². The van der Waals surface area contributed by atoms with Gasteiger partial charge in [-0.25, -0.2) is 4.57 Å². The van der Waals surface area contributed by atoms with Gasteiger partial charge in [-0.1, -0.05) is 26.3 Å². The normalized spacial score (nSPS) is 9.07. The van der Waals surface area contributed by atoms with Gasteiger partial charge in [0.2, 0.25) is 0 Å². The maximum atomic E-state index is 6.25. The third-order valence-corrected chi connectivity index (χ3v) is 2.29. The Hall–Kier alpha value is -1.36. The fourth-order valence-electron chi connectivity index (χ4n) is 1.54. The molecular weight excluding hydrogens is 184 g/mol. The zero-order valence-electron chi connectivity index (χ0n) is 9.74. The second-order valence-electron chi connectivity index (χ2n) is 3.49. The first-order valence-corrected chi connectivity index (χ1v) is 5.58. The Morgan fingerprint density at radius 2 is 1.93 bits per heavy atom. The third kappa shape index (κ3) is 5.17. The molecule has 0 amide bonds. The minimum absolute atomic E-state index is 1.17. The fourth-order valence-corrected chi connectivity index (χ4v) is 1.54. The average Bonchev–Trinajstić information content (AvgIpc) is 2.31. The molecule has 0 spiro atoms. The topological polar surface area (TPSA) is 27.7 Å². The molecule has 1 aromatic rings. The van der Waals surface area contributed by atoms with Crippen LogP contribution in [0.1, 0.15) is 38.8 Å². The molecule has 0 aliphatic heterocycles. The van der Waals surface area contributed by atoms with Crippen LogP contribution in [-0.4, -0.2) is 0 Å². The summed E-state index contributed by atoms with van der Waals surface area (Å²) in [5.74, 6) is 0. The molecular formula is C13H20N2. The molecule has 0 fully saturated rings. The maximum absolute atomic E-state index is 6.25. The molecule has 0 aliphatic rings. The molecule has 0 aromatic carbocycles. The zero-order valence-corrected chi connectivity index (χ0v) is 9.74. The van der Waals surface area contributed by atoms with Crippen molar-refractivity contribution < 1.29 is 4.57 Å². The summed E-state index contributed by atoms with van der Waals surface area (Å²) < 4.78 is 2.38. The predicted octanol–water partition coefficient (Wildman–Crippen LogP) is 2.82. The van der Waals surface area contributed by atoms with Crippen molar-refractivity contribution in [3.05, 3.63) is 36.7 Å². The van der Waals surface area contributed by atoms with Gasteiger partial charge in [-0.3, -0.25) is 0 Å². The summed E-state index contributed by atoms with van der Waals surface area (Å²) >= 11 is 0. The first-order chi connectivity index (χ1) is 7.38. The van der Waals surface area contributed by atoms with E-state index in [2.05, 4.69) is 42.8 Å². The Morgan fingerprint density at radius 1 is 1.20 bits per heavy atom. The second-order valence-corrected chi connectivity index (χ2v) is 3.49. The number of aryl methyl sites for hydroxylation is 2. The van der Waals surface area contributed by atoms with Crippen LogP contribution in [0, 0.1) is 11.8 Å². The summed E-state index contributed by atoms with van der Waals surface area (Å²) in [6, 6.07) is 6.49. The quantitative estimate of drug-likeness (QED) is 0.535. The van der Waals surface area contributed by atoms with Crippen molar-refractivity contribution in [1.29, 1.82) is 5.26 Å². The first kappa shape index (κ1) is 13.6.